The Morgan fingerprint density at radius 1 is 1.50 bits per heavy atom. The predicted octanol–water partition coefficient (Wildman–Crippen LogP) is 4.13. The molecule has 0 aromatic heterocycles. The number of hydrogen-bond donors (Lipinski definition) is 1. The Bertz CT molecular complexity index is 693. The van der Waals surface area contributed by atoms with Gasteiger partial charge in [0.2, 0.25) is 0 Å². The van der Waals surface area contributed by atoms with Crippen LogP contribution in [0.25, 0.3) is 0 Å². The number of nitro groups is 1. The molecule has 1 N–H and O–H groups in total. The van der Waals surface area contributed by atoms with Crippen LogP contribution in [-0.4, -0.2) is 36.3 Å². The van der Waals surface area contributed by atoms with Gasteiger partial charge in [-0.05, 0) is 45.6 Å². The second kappa shape index (κ2) is 8.07. The molecule has 7 nitrogen and oxygen atoms in total. The fraction of sp³-hybridized carbons (Fsp3) is 0.588. The summed E-state index contributed by atoms with van der Waals surface area (Å²) in [5.74, 6) is -0.642. The van der Waals surface area contributed by atoms with E-state index >= 15 is 0 Å². The molecule has 1 aromatic rings. The van der Waals surface area contributed by atoms with E-state index in [0.29, 0.717) is 19.6 Å². The third kappa shape index (κ3) is 5.20. The number of benzene rings is 1. The maximum absolute atomic E-state index is 13.8. The molecule has 0 aliphatic carbocycles. The minimum Gasteiger partial charge on any atom is -0.444 e. The summed E-state index contributed by atoms with van der Waals surface area (Å²) < 4.78 is 19.0. The first-order chi connectivity index (χ1) is 12.1. The molecule has 0 spiro atoms. The fourth-order valence-electron chi connectivity index (χ4n) is 2.95. The van der Waals surface area contributed by atoms with Crippen LogP contribution in [0, 0.1) is 21.8 Å². The number of nitrogens with one attached hydrogen (secondary N) is 1. The topological polar surface area (TPSA) is 84.7 Å². The molecule has 1 aliphatic heterocycles. The van der Waals surface area contributed by atoms with Crippen molar-refractivity contribution in [3.63, 3.8) is 0 Å². The molecule has 26 heavy (non-hydrogen) atoms. The van der Waals surface area contributed by atoms with Crippen LogP contribution in [-0.2, 0) is 4.74 Å². The number of nitro benzene ring substituents is 1. The number of rotatable bonds is 4. The molecule has 9 heteroatoms. The smallest absolute Gasteiger partial charge is 0.407 e. The summed E-state index contributed by atoms with van der Waals surface area (Å²) in [6.07, 6.45) is 1.09. The van der Waals surface area contributed by atoms with Crippen LogP contribution < -0.4 is 10.2 Å². The standard InChI is InChI=1S/C17H23ClFN3O4/c1-17(2,3)26-16(23)20-9-11-5-4-8-21(10-11)15-13(22(24)25)7-6-12(19)14(15)18/h6-7,11H,4-5,8-10H2,1-3H3,(H,20,23)/t11-/m0/s1. The Labute approximate surface area is 156 Å². The largest absolute Gasteiger partial charge is 0.444 e. The SMILES string of the molecule is CC(C)(C)OC(=O)NC[C@@H]1CCCN(c2c([N+](=O)[O-])ccc(F)c2Cl)C1. The molecule has 1 amide bonds. The van der Waals surface area contributed by atoms with Gasteiger partial charge in [0.25, 0.3) is 5.69 Å². The van der Waals surface area contributed by atoms with Gasteiger partial charge in [0, 0.05) is 25.7 Å². The molecule has 1 heterocycles. The zero-order valence-electron chi connectivity index (χ0n) is 15.1. The van der Waals surface area contributed by atoms with Crippen molar-refractivity contribution in [3.05, 3.63) is 33.1 Å². The molecule has 0 bridgehead atoms. The van der Waals surface area contributed by atoms with Gasteiger partial charge in [0.1, 0.15) is 22.1 Å². The van der Waals surface area contributed by atoms with E-state index < -0.39 is 22.4 Å². The lowest BCUT2D eigenvalue weighted by atomic mass is 9.97. The zero-order chi connectivity index (χ0) is 19.5. The van der Waals surface area contributed by atoms with Crippen molar-refractivity contribution < 1.29 is 18.8 Å². The summed E-state index contributed by atoms with van der Waals surface area (Å²) in [6.45, 7) is 6.67. The number of ether oxygens (including phenoxy) is 1. The first-order valence-electron chi connectivity index (χ1n) is 8.42. The average Bonchev–Trinajstić information content (AvgIpc) is 2.53. The van der Waals surface area contributed by atoms with Crippen molar-refractivity contribution in [1.29, 1.82) is 0 Å². The number of anilines is 1. The van der Waals surface area contributed by atoms with Gasteiger partial charge in [0.15, 0.2) is 0 Å². The number of piperidine rings is 1. The number of alkyl carbamates (subject to hydrolysis) is 1. The van der Waals surface area contributed by atoms with Crippen LogP contribution in [0.2, 0.25) is 5.02 Å². The van der Waals surface area contributed by atoms with E-state index in [1.54, 1.807) is 25.7 Å². The number of halogens is 2. The van der Waals surface area contributed by atoms with Gasteiger partial charge >= 0.3 is 6.09 Å². The van der Waals surface area contributed by atoms with Crippen molar-refractivity contribution >= 4 is 29.1 Å². The second-order valence-electron chi connectivity index (χ2n) is 7.32. The van der Waals surface area contributed by atoms with Crippen molar-refractivity contribution in [2.45, 2.75) is 39.2 Å². The summed E-state index contributed by atoms with van der Waals surface area (Å²) in [5.41, 5.74) is -0.714. The van der Waals surface area contributed by atoms with Crippen LogP contribution >= 0.6 is 11.6 Å². The first-order valence-corrected chi connectivity index (χ1v) is 8.80. The highest BCUT2D eigenvalue weighted by atomic mass is 35.5. The fourth-order valence-corrected chi connectivity index (χ4v) is 3.23. The lowest BCUT2D eigenvalue weighted by Gasteiger charge is -2.34. The van der Waals surface area contributed by atoms with Crippen LogP contribution in [0.5, 0.6) is 0 Å². The van der Waals surface area contributed by atoms with Gasteiger partial charge in [-0.3, -0.25) is 10.1 Å². The number of carbonyl (C=O) groups is 1. The van der Waals surface area contributed by atoms with Gasteiger partial charge < -0.3 is 15.0 Å². The molecular formula is C17H23ClFN3O4. The van der Waals surface area contributed by atoms with E-state index in [9.17, 15) is 19.3 Å². The van der Waals surface area contributed by atoms with E-state index in [1.807, 2.05) is 0 Å². The van der Waals surface area contributed by atoms with E-state index in [-0.39, 0.29) is 22.3 Å². The zero-order valence-corrected chi connectivity index (χ0v) is 15.8. The normalized spacial score (nSPS) is 17.7. The highest BCUT2D eigenvalue weighted by molar-refractivity contribution is 6.34. The molecule has 1 saturated heterocycles. The Hall–Kier alpha value is -2.09. The minimum atomic E-state index is -0.693. The summed E-state index contributed by atoms with van der Waals surface area (Å²) in [5, 5.41) is 13.7. The lowest BCUT2D eigenvalue weighted by molar-refractivity contribution is -0.384. The lowest BCUT2D eigenvalue weighted by Crippen LogP contribution is -2.42. The van der Waals surface area contributed by atoms with Gasteiger partial charge in [-0.2, -0.15) is 0 Å². The number of amides is 1. The predicted molar refractivity (Wildman–Crippen MR) is 97.2 cm³/mol. The molecule has 1 aromatic carbocycles. The molecule has 0 unspecified atom stereocenters. The summed E-state index contributed by atoms with van der Waals surface area (Å²) in [6, 6.07) is 2.12. The van der Waals surface area contributed by atoms with Crippen LogP contribution in [0.15, 0.2) is 12.1 Å². The van der Waals surface area contributed by atoms with E-state index in [1.165, 1.54) is 0 Å². The summed E-state index contributed by atoms with van der Waals surface area (Å²) in [4.78, 5) is 24.2. The number of hydrogen-bond acceptors (Lipinski definition) is 5. The van der Waals surface area contributed by atoms with Crippen LogP contribution in [0.3, 0.4) is 0 Å². The molecule has 144 valence electrons. The third-order valence-electron chi connectivity index (χ3n) is 4.01. The molecule has 0 radical (unpaired) electrons. The van der Waals surface area contributed by atoms with E-state index in [0.717, 1.165) is 25.0 Å². The first kappa shape index (κ1) is 20.2. The molecule has 1 aliphatic rings. The third-order valence-corrected chi connectivity index (χ3v) is 4.37. The van der Waals surface area contributed by atoms with Gasteiger partial charge in [-0.1, -0.05) is 11.6 Å². The van der Waals surface area contributed by atoms with Crippen molar-refractivity contribution in [1.82, 2.24) is 5.32 Å². The minimum absolute atomic E-state index is 0.0511. The maximum Gasteiger partial charge on any atom is 0.407 e. The molecular weight excluding hydrogens is 365 g/mol. The summed E-state index contributed by atoms with van der Waals surface area (Å²) in [7, 11) is 0. The number of carbonyl (C=O) groups excluding carboxylic acids is 1. The van der Waals surface area contributed by atoms with E-state index in [4.69, 9.17) is 16.3 Å². The molecule has 1 fully saturated rings. The highest BCUT2D eigenvalue weighted by Gasteiger charge is 2.29. The van der Waals surface area contributed by atoms with E-state index in [2.05, 4.69) is 5.32 Å². The van der Waals surface area contributed by atoms with Crippen molar-refractivity contribution in [3.8, 4) is 0 Å². The Balaban J connectivity index is 2.08. The van der Waals surface area contributed by atoms with Gasteiger partial charge in [-0.25, -0.2) is 9.18 Å². The second-order valence-corrected chi connectivity index (χ2v) is 7.70. The number of nitrogens with zero attached hydrogens (tertiary/aromatic N) is 2. The summed E-state index contributed by atoms with van der Waals surface area (Å²) >= 11 is 6.01. The Kier molecular flexibility index (Phi) is 6.28. The van der Waals surface area contributed by atoms with Gasteiger partial charge in [0.05, 0.1) is 4.92 Å². The Morgan fingerprint density at radius 2 is 2.19 bits per heavy atom. The quantitative estimate of drug-likeness (QED) is 0.620. The Morgan fingerprint density at radius 3 is 2.81 bits per heavy atom. The van der Waals surface area contributed by atoms with Crippen LogP contribution in [0.4, 0.5) is 20.6 Å². The van der Waals surface area contributed by atoms with Crippen LogP contribution in [0.1, 0.15) is 33.6 Å². The molecule has 0 saturated carbocycles. The average molecular weight is 388 g/mol. The monoisotopic (exact) mass is 387 g/mol. The van der Waals surface area contributed by atoms with Crippen molar-refractivity contribution in [2.75, 3.05) is 24.5 Å². The maximum atomic E-state index is 13.8. The van der Waals surface area contributed by atoms with Crippen molar-refractivity contribution in [2.24, 2.45) is 5.92 Å². The molecule has 2 rings (SSSR count). The van der Waals surface area contributed by atoms with Gasteiger partial charge in [-0.15, -0.1) is 0 Å². The molecule has 1 atom stereocenters. The highest BCUT2D eigenvalue weighted by Crippen LogP contribution is 2.39.